The van der Waals surface area contributed by atoms with Crippen molar-refractivity contribution < 1.29 is 8.78 Å². The predicted octanol–water partition coefficient (Wildman–Crippen LogP) is 2.89. The second kappa shape index (κ2) is 4.30. The maximum Gasteiger partial charge on any atom is 0.281 e. The van der Waals surface area contributed by atoms with Crippen LogP contribution in [0.3, 0.4) is 0 Å². The van der Waals surface area contributed by atoms with Crippen molar-refractivity contribution >= 4 is 27.5 Å². The van der Waals surface area contributed by atoms with E-state index in [0.29, 0.717) is 5.56 Å². The molecule has 0 atom stereocenters. The van der Waals surface area contributed by atoms with Gasteiger partial charge in [0.2, 0.25) is 0 Å². The third-order valence-corrected chi connectivity index (χ3v) is 2.42. The average Bonchev–Trinajstić information content (AvgIpc) is 2.07. The van der Waals surface area contributed by atoms with Crippen LogP contribution in [0.1, 0.15) is 17.7 Å². The highest BCUT2D eigenvalue weighted by Gasteiger charge is 2.15. The van der Waals surface area contributed by atoms with E-state index in [1.54, 1.807) is 0 Å². The van der Waals surface area contributed by atoms with E-state index in [1.165, 1.54) is 6.07 Å². The standard InChI is InChI=1S/C7H6BrClF2N2/c8-4-1-3(2-12)6(9)13-5(4)7(10)11/h1,7H,2,12H2. The molecule has 0 aliphatic rings. The normalized spacial score (nSPS) is 10.9. The lowest BCUT2D eigenvalue weighted by Gasteiger charge is -2.06. The van der Waals surface area contributed by atoms with E-state index in [9.17, 15) is 8.78 Å². The molecule has 0 unspecified atom stereocenters. The van der Waals surface area contributed by atoms with Crippen LogP contribution < -0.4 is 5.73 Å². The predicted molar refractivity (Wildman–Crippen MR) is 49.8 cm³/mol. The van der Waals surface area contributed by atoms with Crippen LogP contribution in [0, 0.1) is 0 Å². The highest BCUT2D eigenvalue weighted by molar-refractivity contribution is 9.10. The fourth-order valence-electron chi connectivity index (χ4n) is 0.814. The van der Waals surface area contributed by atoms with Gasteiger partial charge in [0.25, 0.3) is 6.43 Å². The van der Waals surface area contributed by atoms with Crippen LogP contribution in [0.25, 0.3) is 0 Å². The molecule has 6 heteroatoms. The third-order valence-electron chi connectivity index (χ3n) is 1.46. The first kappa shape index (κ1) is 10.8. The molecule has 0 aromatic carbocycles. The van der Waals surface area contributed by atoms with Crippen molar-refractivity contribution in [3.8, 4) is 0 Å². The van der Waals surface area contributed by atoms with Gasteiger partial charge in [0.1, 0.15) is 10.8 Å². The molecule has 0 saturated heterocycles. The third kappa shape index (κ3) is 2.36. The Morgan fingerprint density at radius 1 is 1.62 bits per heavy atom. The van der Waals surface area contributed by atoms with Gasteiger partial charge in [-0.25, -0.2) is 13.8 Å². The van der Waals surface area contributed by atoms with Crippen LogP contribution in [-0.2, 0) is 6.54 Å². The number of nitrogens with two attached hydrogens (primary N) is 1. The Bertz CT molecular complexity index is 320. The topological polar surface area (TPSA) is 38.9 Å². The summed E-state index contributed by atoms with van der Waals surface area (Å²) in [5.41, 5.74) is 5.49. The van der Waals surface area contributed by atoms with Crippen molar-refractivity contribution in [3.05, 3.63) is 26.9 Å². The minimum atomic E-state index is -2.64. The molecule has 0 aliphatic carbocycles. The van der Waals surface area contributed by atoms with Gasteiger partial charge in [0.15, 0.2) is 0 Å². The summed E-state index contributed by atoms with van der Waals surface area (Å²) in [7, 11) is 0. The van der Waals surface area contributed by atoms with Crippen molar-refractivity contribution in [1.82, 2.24) is 4.98 Å². The molecular formula is C7H6BrClF2N2. The maximum absolute atomic E-state index is 12.3. The number of nitrogens with zero attached hydrogens (tertiary/aromatic N) is 1. The summed E-state index contributed by atoms with van der Waals surface area (Å²) in [4.78, 5) is 3.53. The quantitative estimate of drug-likeness (QED) is 0.840. The van der Waals surface area contributed by atoms with E-state index in [4.69, 9.17) is 17.3 Å². The summed E-state index contributed by atoms with van der Waals surface area (Å²) in [6.45, 7) is 0.175. The first-order valence-electron chi connectivity index (χ1n) is 3.39. The van der Waals surface area contributed by atoms with E-state index in [1.807, 2.05) is 0 Å². The zero-order valence-electron chi connectivity index (χ0n) is 6.40. The largest absolute Gasteiger partial charge is 0.326 e. The molecule has 1 aromatic heterocycles. The molecular weight excluding hydrogens is 265 g/mol. The second-order valence-corrected chi connectivity index (χ2v) is 3.52. The van der Waals surface area contributed by atoms with Gasteiger partial charge in [-0.1, -0.05) is 11.6 Å². The van der Waals surface area contributed by atoms with Crippen molar-refractivity contribution in [2.24, 2.45) is 5.73 Å². The zero-order valence-corrected chi connectivity index (χ0v) is 8.74. The Kier molecular flexibility index (Phi) is 3.58. The van der Waals surface area contributed by atoms with Gasteiger partial charge in [0.05, 0.1) is 0 Å². The fraction of sp³-hybridized carbons (Fsp3) is 0.286. The number of hydrogen-bond acceptors (Lipinski definition) is 2. The van der Waals surface area contributed by atoms with Gasteiger partial charge in [-0.2, -0.15) is 0 Å². The smallest absolute Gasteiger partial charge is 0.281 e. The lowest BCUT2D eigenvalue weighted by atomic mass is 10.2. The molecule has 0 amide bonds. The van der Waals surface area contributed by atoms with E-state index >= 15 is 0 Å². The molecule has 0 fully saturated rings. The number of aromatic nitrogens is 1. The lowest BCUT2D eigenvalue weighted by molar-refractivity contribution is 0.145. The molecule has 0 radical (unpaired) electrons. The van der Waals surface area contributed by atoms with Gasteiger partial charge < -0.3 is 5.73 Å². The molecule has 1 rings (SSSR count). The summed E-state index contributed by atoms with van der Waals surface area (Å²) >= 11 is 8.57. The van der Waals surface area contributed by atoms with E-state index in [-0.39, 0.29) is 21.9 Å². The highest BCUT2D eigenvalue weighted by Crippen LogP contribution is 2.28. The summed E-state index contributed by atoms with van der Waals surface area (Å²) in [6.07, 6.45) is -2.64. The number of pyridine rings is 1. The van der Waals surface area contributed by atoms with Crippen LogP contribution in [-0.4, -0.2) is 4.98 Å². The first-order chi connectivity index (χ1) is 6.06. The van der Waals surface area contributed by atoms with E-state index in [0.717, 1.165) is 0 Å². The average molecular weight is 271 g/mol. The minimum Gasteiger partial charge on any atom is -0.326 e. The Balaban J connectivity index is 3.20. The van der Waals surface area contributed by atoms with E-state index in [2.05, 4.69) is 20.9 Å². The number of alkyl halides is 2. The number of halogens is 4. The van der Waals surface area contributed by atoms with Crippen molar-refractivity contribution in [2.45, 2.75) is 13.0 Å². The lowest BCUT2D eigenvalue weighted by Crippen LogP contribution is -2.02. The molecule has 0 aliphatic heterocycles. The highest BCUT2D eigenvalue weighted by atomic mass is 79.9. The number of rotatable bonds is 2. The summed E-state index contributed by atoms with van der Waals surface area (Å²) in [6, 6.07) is 1.46. The molecule has 1 aromatic rings. The molecule has 72 valence electrons. The van der Waals surface area contributed by atoms with Gasteiger partial charge in [-0.05, 0) is 22.0 Å². The second-order valence-electron chi connectivity index (χ2n) is 2.31. The summed E-state index contributed by atoms with van der Waals surface area (Å²) in [5, 5.41) is 0.0287. The Morgan fingerprint density at radius 3 is 2.69 bits per heavy atom. The molecule has 2 N–H and O–H groups in total. The monoisotopic (exact) mass is 270 g/mol. The Morgan fingerprint density at radius 2 is 2.23 bits per heavy atom. The first-order valence-corrected chi connectivity index (χ1v) is 4.56. The zero-order chi connectivity index (χ0) is 10.0. The van der Waals surface area contributed by atoms with Gasteiger partial charge in [-0.3, -0.25) is 0 Å². The molecule has 1 heterocycles. The van der Waals surface area contributed by atoms with E-state index < -0.39 is 6.43 Å². The molecule has 13 heavy (non-hydrogen) atoms. The summed E-state index contributed by atoms with van der Waals surface area (Å²) < 4.78 is 24.8. The Hall–Kier alpha value is -0.260. The fourth-order valence-corrected chi connectivity index (χ4v) is 1.57. The van der Waals surface area contributed by atoms with Crippen LogP contribution in [0.15, 0.2) is 10.5 Å². The van der Waals surface area contributed by atoms with Crippen molar-refractivity contribution in [2.75, 3.05) is 0 Å². The van der Waals surface area contributed by atoms with Gasteiger partial charge in [0, 0.05) is 16.6 Å². The molecule has 0 saturated carbocycles. The van der Waals surface area contributed by atoms with Crippen molar-refractivity contribution in [3.63, 3.8) is 0 Å². The van der Waals surface area contributed by atoms with Crippen LogP contribution in [0.2, 0.25) is 5.15 Å². The molecule has 0 spiro atoms. The van der Waals surface area contributed by atoms with Crippen LogP contribution in [0.4, 0.5) is 8.78 Å². The Labute approximate surface area is 87.2 Å². The maximum atomic E-state index is 12.3. The summed E-state index contributed by atoms with van der Waals surface area (Å²) in [5.74, 6) is 0. The molecule has 0 bridgehead atoms. The minimum absolute atomic E-state index is 0.0287. The van der Waals surface area contributed by atoms with Crippen LogP contribution in [0.5, 0.6) is 0 Å². The van der Waals surface area contributed by atoms with Gasteiger partial charge >= 0.3 is 0 Å². The number of hydrogen-bond donors (Lipinski definition) is 1. The molecule has 2 nitrogen and oxygen atoms in total. The van der Waals surface area contributed by atoms with Crippen LogP contribution >= 0.6 is 27.5 Å². The van der Waals surface area contributed by atoms with Gasteiger partial charge in [-0.15, -0.1) is 0 Å². The SMILES string of the molecule is NCc1cc(Br)c(C(F)F)nc1Cl. The van der Waals surface area contributed by atoms with Crippen molar-refractivity contribution in [1.29, 1.82) is 0 Å².